The smallest absolute Gasteiger partial charge is 0.0119 e. The van der Waals surface area contributed by atoms with Crippen molar-refractivity contribution >= 4 is 0 Å². The van der Waals surface area contributed by atoms with E-state index in [9.17, 15) is 0 Å². The van der Waals surface area contributed by atoms with Crippen LogP contribution < -0.4 is 5.32 Å². The van der Waals surface area contributed by atoms with E-state index >= 15 is 0 Å². The van der Waals surface area contributed by atoms with E-state index in [-0.39, 0.29) is 0 Å². The van der Waals surface area contributed by atoms with Crippen LogP contribution >= 0.6 is 0 Å². The van der Waals surface area contributed by atoms with Crippen LogP contribution in [0.5, 0.6) is 0 Å². The van der Waals surface area contributed by atoms with Gasteiger partial charge in [-0.25, -0.2) is 0 Å². The Hall–Kier alpha value is -0.0800. The summed E-state index contributed by atoms with van der Waals surface area (Å²) in [7, 11) is 0. The second kappa shape index (κ2) is 6.49. The van der Waals surface area contributed by atoms with E-state index in [1.54, 1.807) is 0 Å². The molecular formula is C13H28N2. The van der Waals surface area contributed by atoms with E-state index in [1.165, 1.54) is 25.9 Å². The second-order valence-electron chi connectivity index (χ2n) is 5.36. The lowest BCUT2D eigenvalue weighted by Gasteiger charge is -2.30. The zero-order valence-electron chi connectivity index (χ0n) is 10.9. The van der Waals surface area contributed by atoms with Gasteiger partial charge in [0.15, 0.2) is 0 Å². The molecule has 2 unspecified atom stereocenters. The van der Waals surface area contributed by atoms with Crippen LogP contribution in [0, 0.1) is 11.8 Å². The minimum atomic E-state index is 0.782. The third kappa shape index (κ3) is 4.12. The van der Waals surface area contributed by atoms with Crippen LogP contribution in [0.3, 0.4) is 0 Å². The van der Waals surface area contributed by atoms with E-state index in [0.717, 1.165) is 31.0 Å². The zero-order valence-corrected chi connectivity index (χ0v) is 10.9. The number of hydrogen-bond acceptors (Lipinski definition) is 2. The molecule has 1 aliphatic heterocycles. The predicted octanol–water partition coefficient (Wildman–Crippen LogP) is 2.35. The summed E-state index contributed by atoms with van der Waals surface area (Å²) in [4.78, 5) is 2.70. The van der Waals surface area contributed by atoms with Gasteiger partial charge in [0.05, 0.1) is 0 Å². The highest BCUT2D eigenvalue weighted by Gasteiger charge is 2.27. The first kappa shape index (κ1) is 13.0. The molecule has 15 heavy (non-hydrogen) atoms. The van der Waals surface area contributed by atoms with E-state index in [4.69, 9.17) is 0 Å². The molecule has 0 aromatic carbocycles. The van der Waals surface area contributed by atoms with Gasteiger partial charge in [-0.3, -0.25) is 4.90 Å². The van der Waals surface area contributed by atoms with Gasteiger partial charge in [-0.1, -0.05) is 27.7 Å². The number of nitrogens with one attached hydrogen (secondary N) is 1. The van der Waals surface area contributed by atoms with Crippen molar-refractivity contribution in [3.05, 3.63) is 0 Å². The lowest BCUT2D eigenvalue weighted by Crippen LogP contribution is -2.38. The van der Waals surface area contributed by atoms with Gasteiger partial charge in [0, 0.05) is 12.6 Å². The van der Waals surface area contributed by atoms with Crippen molar-refractivity contribution < 1.29 is 0 Å². The van der Waals surface area contributed by atoms with Gasteiger partial charge in [-0.05, 0) is 44.3 Å². The summed E-state index contributed by atoms with van der Waals surface area (Å²) in [6.45, 7) is 14.1. The highest BCUT2D eigenvalue weighted by molar-refractivity contribution is 4.82. The van der Waals surface area contributed by atoms with E-state index in [0.29, 0.717) is 0 Å². The summed E-state index contributed by atoms with van der Waals surface area (Å²) in [5.41, 5.74) is 0. The Kier molecular flexibility index (Phi) is 5.62. The zero-order chi connectivity index (χ0) is 11.3. The summed E-state index contributed by atoms with van der Waals surface area (Å²) in [6.07, 6.45) is 2.81. The molecule has 1 saturated heterocycles. The van der Waals surface area contributed by atoms with Gasteiger partial charge in [-0.15, -0.1) is 0 Å². The highest BCUT2D eigenvalue weighted by Crippen LogP contribution is 2.24. The maximum Gasteiger partial charge on any atom is 0.0119 e. The van der Waals surface area contributed by atoms with Gasteiger partial charge in [0.25, 0.3) is 0 Å². The molecule has 0 bridgehead atoms. The largest absolute Gasteiger partial charge is 0.317 e. The first-order valence-corrected chi connectivity index (χ1v) is 6.59. The normalized spacial score (nSPS) is 25.0. The molecule has 0 amide bonds. The molecule has 0 aromatic heterocycles. The fraction of sp³-hybridized carbons (Fsp3) is 1.00. The first-order valence-electron chi connectivity index (χ1n) is 6.59. The summed E-state index contributed by atoms with van der Waals surface area (Å²) < 4.78 is 0. The Morgan fingerprint density at radius 2 is 2.07 bits per heavy atom. The number of nitrogens with zero attached hydrogens (tertiary/aromatic N) is 1. The molecule has 0 aliphatic carbocycles. The predicted molar refractivity (Wildman–Crippen MR) is 67.1 cm³/mol. The summed E-state index contributed by atoms with van der Waals surface area (Å²) >= 11 is 0. The molecule has 2 atom stereocenters. The third-order valence-corrected chi connectivity index (χ3v) is 3.47. The Morgan fingerprint density at radius 1 is 1.33 bits per heavy atom. The molecule has 2 heteroatoms. The van der Waals surface area contributed by atoms with Crippen LogP contribution in [0.15, 0.2) is 0 Å². The van der Waals surface area contributed by atoms with Crippen LogP contribution in [-0.2, 0) is 0 Å². The number of hydrogen-bond donors (Lipinski definition) is 1. The minimum absolute atomic E-state index is 0.782. The van der Waals surface area contributed by atoms with Crippen molar-refractivity contribution in [1.82, 2.24) is 10.2 Å². The van der Waals surface area contributed by atoms with Crippen molar-refractivity contribution in [3.8, 4) is 0 Å². The average molecular weight is 212 g/mol. The highest BCUT2D eigenvalue weighted by atomic mass is 15.2. The lowest BCUT2D eigenvalue weighted by atomic mass is 10.0. The van der Waals surface area contributed by atoms with Gasteiger partial charge >= 0.3 is 0 Å². The summed E-state index contributed by atoms with van der Waals surface area (Å²) in [5.74, 6) is 1.60. The van der Waals surface area contributed by atoms with Crippen molar-refractivity contribution in [3.63, 3.8) is 0 Å². The molecule has 0 saturated carbocycles. The molecule has 1 fully saturated rings. The van der Waals surface area contributed by atoms with Crippen molar-refractivity contribution in [2.24, 2.45) is 11.8 Å². The Balaban J connectivity index is 2.30. The Bertz CT molecular complexity index is 168. The van der Waals surface area contributed by atoms with E-state index in [2.05, 4.69) is 37.9 Å². The monoisotopic (exact) mass is 212 g/mol. The SMILES string of the molecule is CCNCC(C)CN1CCCC1C(C)C. The maximum atomic E-state index is 3.44. The first-order chi connectivity index (χ1) is 7.15. The van der Waals surface area contributed by atoms with Crippen LogP contribution in [-0.4, -0.2) is 37.1 Å². The average Bonchev–Trinajstić information content (AvgIpc) is 2.62. The van der Waals surface area contributed by atoms with E-state index < -0.39 is 0 Å². The van der Waals surface area contributed by atoms with Crippen molar-refractivity contribution in [2.45, 2.75) is 46.6 Å². The van der Waals surface area contributed by atoms with Gasteiger partial charge in [0.1, 0.15) is 0 Å². The molecular weight excluding hydrogens is 184 g/mol. The fourth-order valence-corrected chi connectivity index (χ4v) is 2.69. The molecule has 1 heterocycles. The number of rotatable bonds is 6. The lowest BCUT2D eigenvalue weighted by molar-refractivity contribution is 0.180. The van der Waals surface area contributed by atoms with Gasteiger partial charge in [0.2, 0.25) is 0 Å². The number of likely N-dealkylation sites (tertiary alicyclic amines) is 1. The van der Waals surface area contributed by atoms with E-state index in [1.807, 2.05) is 0 Å². The molecule has 0 aromatic rings. The molecule has 1 rings (SSSR count). The van der Waals surface area contributed by atoms with Gasteiger partial charge in [-0.2, -0.15) is 0 Å². The fourth-order valence-electron chi connectivity index (χ4n) is 2.69. The van der Waals surface area contributed by atoms with Crippen LogP contribution in [0.2, 0.25) is 0 Å². The van der Waals surface area contributed by atoms with Gasteiger partial charge < -0.3 is 5.32 Å². The Morgan fingerprint density at radius 3 is 2.67 bits per heavy atom. The van der Waals surface area contributed by atoms with Crippen LogP contribution in [0.25, 0.3) is 0 Å². The minimum Gasteiger partial charge on any atom is -0.317 e. The summed E-state index contributed by atoms with van der Waals surface area (Å²) in [6, 6.07) is 0.842. The molecule has 1 aliphatic rings. The Labute approximate surface area is 95.4 Å². The molecule has 0 radical (unpaired) electrons. The summed E-state index contributed by atoms with van der Waals surface area (Å²) in [5, 5.41) is 3.44. The third-order valence-electron chi connectivity index (χ3n) is 3.47. The van der Waals surface area contributed by atoms with Crippen molar-refractivity contribution in [2.75, 3.05) is 26.2 Å². The standard InChI is InChI=1S/C13H28N2/c1-5-14-9-12(4)10-15-8-6-7-13(15)11(2)3/h11-14H,5-10H2,1-4H3. The second-order valence-corrected chi connectivity index (χ2v) is 5.36. The molecule has 2 nitrogen and oxygen atoms in total. The molecule has 90 valence electrons. The van der Waals surface area contributed by atoms with Crippen LogP contribution in [0.4, 0.5) is 0 Å². The topological polar surface area (TPSA) is 15.3 Å². The molecule has 0 spiro atoms. The van der Waals surface area contributed by atoms with Crippen molar-refractivity contribution in [1.29, 1.82) is 0 Å². The molecule has 1 N–H and O–H groups in total. The quantitative estimate of drug-likeness (QED) is 0.727. The van der Waals surface area contributed by atoms with Crippen LogP contribution in [0.1, 0.15) is 40.5 Å². The maximum absolute atomic E-state index is 3.44.